The van der Waals surface area contributed by atoms with E-state index in [1.54, 1.807) is 0 Å². The topological polar surface area (TPSA) is 60.4 Å². The minimum Gasteiger partial charge on any atom is -0.288 e. The molecule has 0 unspecified atom stereocenters. The summed E-state index contributed by atoms with van der Waals surface area (Å²) in [6.45, 7) is 0.283. The highest BCUT2D eigenvalue weighted by molar-refractivity contribution is 14.1. The smallest absolute Gasteiger partial charge is 0.264 e. The predicted molar refractivity (Wildman–Crippen MR) is 72.1 cm³/mol. The van der Waals surface area contributed by atoms with Crippen LogP contribution in [-0.4, -0.2) is 25.1 Å². The van der Waals surface area contributed by atoms with Crippen LogP contribution in [-0.2, 0) is 19.1 Å². The largest absolute Gasteiger partial charge is 0.288 e. The highest BCUT2D eigenvalue weighted by atomic mass is 127. The van der Waals surface area contributed by atoms with Crippen LogP contribution in [0.3, 0.4) is 0 Å². The molecule has 0 saturated heterocycles. The van der Waals surface area contributed by atoms with Gasteiger partial charge in [-0.25, -0.2) is 0 Å². The maximum atomic E-state index is 10.6. The molecule has 16 heavy (non-hydrogen) atoms. The van der Waals surface area contributed by atoms with Gasteiger partial charge in [0, 0.05) is 6.42 Å². The third-order valence-corrected chi connectivity index (χ3v) is 3.20. The van der Waals surface area contributed by atoms with Crippen LogP contribution in [0.2, 0.25) is 0 Å². The summed E-state index contributed by atoms with van der Waals surface area (Å²) in [5, 5.41) is 0. The highest BCUT2D eigenvalue weighted by Crippen LogP contribution is 2.09. The van der Waals surface area contributed by atoms with E-state index in [0.29, 0.717) is 6.42 Å². The normalized spacial score (nSPS) is 11.6. The second-order valence-corrected chi connectivity index (χ2v) is 6.60. The van der Waals surface area contributed by atoms with Crippen LogP contribution in [0.25, 0.3) is 0 Å². The van der Waals surface area contributed by atoms with Crippen LogP contribution in [0.4, 0.5) is 0 Å². The van der Waals surface area contributed by atoms with Gasteiger partial charge in [-0.3, -0.25) is 8.98 Å². The Kier molecular flexibility index (Phi) is 9.53. The summed E-state index contributed by atoms with van der Waals surface area (Å²) in [5.74, 6) is 0. The minimum atomic E-state index is -3.27. The van der Waals surface area contributed by atoms with Gasteiger partial charge in [0.15, 0.2) is 3.79 Å². The Morgan fingerprint density at radius 3 is 2.06 bits per heavy atom. The van der Waals surface area contributed by atoms with Crippen molar-refractivity contribution in [3.63, 3.8) is 0 Å². The third-order valence-electron chi connectivity index (χ3n) is 2.07. The van der Waals surface area contributed by atoms with Crippen LogP contribution >= 0.6 is 22.6 Å². The van der Waals surface area contributed by atoms with E-state index in [1.807, 2.05) is 22.6 Å². The Labute approximate surface area is 111 Å². The zero-order valence-electron chi connectivity index (χ0n) is 9.58. The van der Waals surface area contributed by atoms with Crippen LogP contribution < -0.4 is 0 Å². The van der Waals surface area contributed by atoms with Crippen molar-refractivity contribution in [1.29, 1.82) is 0 Å². The van der Waals surface area contributed by atoms with Gasteiger partial charge in [-0.05, 0) is 35.4 Å². The van der Waals surface area contributed by atoms with E-state index in [0.717, 1.165) is 44.8 Å². The lowest BCUT2D eigenvalue weighted by Crippen LogP contribution is -2.03. The molecule has 0 aromatic heterocycles. The lowest BCUT2D eigenvalue weighted by atomic mass is 10.1. The standard InChI is InChI=1S/C10H19IO4S/c1-16(13,14)15-9-7-5-3-2-4-6-8-10(11)12/h2-9H2,1H3. The number of unbranched alkanes of at least 4 members (excludes halogenated alkanes) is 5. The zero-order valence-corrected chi connectivity index (χ0v) is 12.6. The van der Waals surface area contributed by atoms with Crippen molar-refractivity contribution in [3.8, 4) is 0 Å². The van der Waals surface area contributed by atoms with Crippen molar-refractivity contribution < 1.29 is 17.4 Å². The molecule has 4 nitrogen and oxygen atoms in total. The molecular weight excluding hydrogens is 343 g/mol. The summed E-state index contributed by atoms with van der Waals surface area (Å²) in [6.07, 6.45) is 7.69. The highest BCUT2D eigenvalue weighted by Gasteiger charge is 2.00. The first-order chi connectivity index (χ1) is 7.42. The summed E-state index contributed by atoms with van der Waals surface area (Å²) in [7, 11) is -3.27. The van der Waals surface area contributed by atoms with E-state index in [1.165, 1.54) is 0 Å². The molecule has 0 N–H and O–H groups in total. The number of halogens is 1. The average Bonchev–Trinajstić information content (AvgIpc) is 2.13. The van der Waals surface area contributed by atoms with E-state index in [9.17, 15) is 13.2 Å². The Morgan fingerprint density at radius 2 is 1.56 bits per heavy atom. The SMILES string of the molecule is CS(=O)(=O)OCCCCCCCCC(=O)I. The molecule has 6 heteroatoms. The molecule has 96 valence electrons. The summed E-state index contributed by atoms with van der Waals surface area (Å²) in [5.41, 5.74) is 0. The first kappa shape index (κ1) is 16.3. The Hall–Kier alpha value is 0.310. The first-order valence-electron chi connectivity index (χ1n) is 5.44. The number of rotatable bonds is 10. The molecule has 0 aromatic carbocycles. The molecular formula is C10H19IO4S. The van der Waals surface area contributed by atoms with Crippen LogP contribution in [0, 0.1) is 0 Å². The van der Waals surface area contributed by atoms with E-state index in [2.05, 4.69) is 4.18 Å². The van der Waals surface area contributed by atoms with Gasteiger partial charge in [-0.15, -0.1) is 0 Å². The fourth-order valence-electron chi connectivity index (χ4n) is 1.28. The number of carbonyl (C=O) groups is 1. The molecule has 0 saturated carbocycles. The molecule has 0 heterocycles. The van der Waals surface area contributed by atoms with E-state index in [-0.39, 0.29) is 10.4 Å². The molecule has 0 aromatic rings. The predicted octanol–water partition coefficient (Wildman–Crippen LogP) is 2.65. The maximum Gasteiger partial charge on any atom is 0.264 e. The maximum absolute atomic E-state index is 10.6. The van der Waals surface area contributed by atoms with E-state index < -0.39 is 10.1 Å². The molecule has 0 aliphatic rings. The monoisotopic (exact) mass is 362 g/mol. The second-order valence-electron chi connectivity index (χ2n) is 3.75. The lowest BCUT2D eigenvalue weighted by molar-refractivity contribution is -0.109. The van der Waals surface area contributed by atoms with Crippen molar-refractivity contribution in [2.24, 2.45) is 0 Å². The Bertz CT molecular complexity index is 287. The molecule has 0 radical (unpaired) electrons. The quantitative estimate of drug-likeness (QED) is 0.259. The number of hydrogen-bond donors (Lipinski definition) is 0. The lowest BCUT2D eigenvalue weighted by Gasteiger charge is -2.01. The Balaban J connectivity index is 3.13. The van der Waals surface area contributed by atoms with Gasteiger partial charge >= 0.3 is 0 Å². The van der Waals surface area contributed by atoms with Crippen molar-refractivity contribution in [2.75, 3.05) is 12.9 Å². The van der Waals surface area contributed by atoms with E-state index in [4.69, 9.17) is 0 Å². The molecule has 0 rings (SSSR count). The fraction of sp³-hybridized carbons (Fsp3) is 0.900. The van der Waals surface area contributed by atoms with Gasteiger partial charge in [-0.1, -0.05) is 25.7 Å². The average molecular weight is 362 g/mol. The molecule has 0 aliphatic carbocycles. The van der Waals surface area contributed by atoms with Crippen molar-refractivity contribution in [1.82, 2.24) is 0 Å². The summed E-state index contributed by atoms with van der Waals surface area (Å²) in [4.78, 5) is 10.6. The van der Waals surface area contributed by atoms with Crippen LogP contribution in [0.5, 0.6) is 0 Å². The van der Waals surface area contributed by atoms with E-state index >= 15 is 0 Å². The summed E-state index contributed by atoms with van der Waals surface area (Å²) >= 11 is 1.82. The molecule has 0 fully saturated rings. The van der Waals surface area contributed by atoms with Gasteiger partial charge in [0.25, 0.3) is 10.1 Å². The van der Waals surface area contributed by atoms with Gasteiger partial charge < -0.3 is 0 Å². The van der Waals surface area contributed by atoms with Crippen molar-refractivity contribution in [3.05, 3.63) is 0 Å². The minimum absolute atomic E-state index is 0.221. The molecule has 0 amide bonds. The summed E-state index contributed by atoms with van der Waals surface area (Å²) < 4.78 is 26.1. The first-order valence-corrected chi connectivity index (χ1v) is 8.34. The molecule has 0 aliphatic heterocycles. The Morgan fingerprint density at radius 1 is 1.06 bits per heavy atom. The third kappa shape index (κ3) is 14.3. The zero-order chi connectivity index (χ0) is 12.4. The van der Waals surface area contributed by atoms with Crippen molar-refractivity contribution in [2.45, 2.75) is 44.9 Å². The molecule has 0 atom stereocenters. The van der Waals surface area contributed by atoms with Crippen LogP contribution in [0.15, 0.2) is 0 Å². The summed E-state index contributed by atoms with van der Waals surface area (Å²) in [6, 6.07) is 0. The number of hydrogen-bond acceptors (Lipinski definition) is 4. The molecule has 0 bridgehead atoms. The fourth-order valence-corrected chi connectivity index (χ4v) is 2.09. The van der Waals surface area contributed by atoms with Crippen LogP contribution in [0.1, 0.15) is 44.9 Å². The van der Waals surface area contributed by atoms with Gasteiger partial charge in [-0.2, -0.15) is 8.42 Å². The number of carbonyl (C=O) groups excluding carboxylic acids is 1. The van der Waals surface area contributed by atoms with Gasteiger partial charge in [0.1, 0.15) is 0 Å². The second kappa shape index (κ2) is 9.35. The molecule has 0 spiro atoms. The van der Waals surface area contributed by atoms with Gasteiger partial charge in [0.05, 0.1) is 12.9 Å². The van der Waals surface area contributed by atoms with Gasteiger partial charge in [0.2, 0.25) is 0 Å². The van der Waals surface area contributed by atoms with Crippen molar-refractivity contribution >= 4 is 36.5 Å².